The molecule has 0 saturated carbocycles. The number of pyridine rings is 1. The Hall–Kier alpha value is -2.61. The minimum Gasteiger partial charge on any atom is -0.492 e. The zero-order valence-corrected chi connectivity index (χ0v) is 14.3. The maximum atomic E-state index is 12.4. The molecule has 0 spiro atoms. The lowest BCUT2D eigenvalue weighted by atomic mass is 9.88. The third-order valence-corrected chi connectivity index (χ3v) is 4.73. The van der Waals surface area contributed by atoms with Crippen LogP contribution in [-0.4, -0.2) is 29.6 Å². The van der Waals surface area contributed by atoms with Crippen LogP contribution in [0.1, 0.15) is 36.7 Å². The zero-order chi connectivity index (χ0) is 18.1. The SMILES string of the molecule is CC(C)(C)c1cnc(O)c(NS(=O)(=O)c2cccc(C(=O)O)c2)c1. The molecule has 0 atom stereocenters. The first kappa shape index (κ1) is 17.7. The Morgan fingerprint density at radius 1 is 1.21 bits per heavy atom. The van der Waals surface area contributed by atoms with Crippen molar-refractivity contribution in [1.82, 2.24) is 4.98 Å². The minimum absolute atomic E-state index is 0.0665. The van der Waals surface area contributed by atoms with Crippen molar-refractivity contribution in [2.24, 2.45) is 0 Å². The Labute approximate surface area is 140 Å². The monoisotopic (exact) mass is 350 g/mol. The van der Waals surface area contributed by atoms with Crippen molar-refractivity contribution in [2.75, 3.05) is 4.72 Å². The highest BCUT2D eigenvalue weighted by atomic mass is 32.2. The van der Waals surface area contributed by atoms with Crippen LogP contribution in [0.4, 0.5) is 5.69 Å². The third-order valence-electron chi connectivity index (χ3n) is 3.37. The van der Waals surface area contributed by atoms with E-state index in [2.05, 4.69) is 9.71 Å². The number of anilines is 1. The highest BCUT2D eigenvalue weighted by molar-refractivity contribution is 7.92. The summed E-state index contributed by atoms with van der Waals surface area (Å²) in [5.41, 5.74) is 0.230. The second-order valence-corrected chi connectivity index (χ2v) is 7.97. The molecule has 8 heteroatoms. The summed E-state index contributed by atoms with van der Waals surface area (Å²) in [5.74, 6) is -1.69. The van der Waals surface area contributed by atoms with Crippen LogP contribution < -0.4 is 4.72 Å². The Morgan fingerprint density at radius 2 is 1.88 bits per heavy atom. The van der Waals surface area contributed by atoms with Crippen LogP contribution >= 0.6 is 0 Å². The van der Waals surface area contributed by atoms with Crippen molar-refractivity contribution < 1.29 is 23.4 Å². The molecule has 0 radical (unpaired) electrons. The fraction of sp³-hybridized carbons (Fsp3) is 0.250. The molecule has 0 unspecified atom stereocenters. The van der Waals surface area contributed by atoms with Gasteiger partial charge in [0.05, 0.1) is 10.5 Å². The molecule has 2 rings (SSSR count). The molecule has 0 bridgehead atoms. The topological polar surface area (TPSA) is 117 Å². The van der Waals surface area contributed by atoms with E-state index >= 15 is 0 Å². The molecule has 0 amide bonds. The zero-order valence-electron chi connectivity index (χ0n) is 13.4. The molecular weight excluding hydrogens is 332 g/mol. The van der Waals surface area contributed by atoms with Gasteiger partial charge in [0.25, 0.3) is 10.0 Å². The summed E-state index contributed by atoms with van der Waals surface area (Å²) in [6, 6.07) is 6.44. The predicted molar refractivity (Wildman–Crippen MR) is 88.8 cm³/mol. The Balaban J connectivity index is 2.43. The molecule has 2 aromatic rings. The van der Waals surface area contributed by atoms with Gasteiger partial charge in [-0.3, -0.25) is 4.72 Å². The summed E-state index contributed by atoms with van der Waals surface area (Å²) >= 11 is 0. The van der Waals surface area contributed by atoms with E-state index in [0.717, 1.165) is 11.6 Å². The summed E-state index contributed by atoms with van der Waals surface area (Å²) in [6.07, 6.45) is 1.47. The van der Waals surface area contributed by atoms with Crippen LogP contribution in [0, 0.1) is 0 Å². The van der Waals surface area contributed by atoms with Gasteiger partial charge in [-0.2, -0.15) is 0 Å². The number of rotatable bonds is 4. The van der Waals surface area contributed by atoms with E-state index in [1.54, 1.807) is 0 Å². The number of benzene rings is 1. The Bertz CT molecular complexity index is 886. The van der Waals surface area contributed by atoms with Crippen LogP contribution in [0.15, 0.2) is 41.4 Å². The maximum absolute atomic E-state index is 12.4. The molecule has 0 fully saturated rings. The Kier molecular flexibility index (Phi) is 4.52. The number of hydrogen-bond donors (Lipinski definition) is 3. The molecule has 0 aliphatic rings. The fourth-order valence-electron chi connectivity index (χ4n) is 1.94. The standard InChI is InChI=1S/C16H18N2O5S/c1-16(2,3)11-8-13(14(19)17-9-11)18-24(22,23)12-6-4-5-10(7-12)15(20)21/h4-9,18H,1-3H3,(H,17,19)(H,20,21). The van der Waals surface area contributed by atoms with E-state index < -0.39 is 21.9 Å². The second kappa shape index (κ2) is 6.12. The molecule has 24 heavy (non-hydrogen) atoms. The van der Waals surface area contributed by atoms with Gasteiger partial charge in [-0.05, 0) is 35.2 Å². The molecular formula is C16H18N2O5S. The minimum atomic E-state index is -4.07. The van der Waals surface area contributed by atoms with Crippen molar-refractivity contribution in [3.63, 3.8) is 0 Å². The number of sulfonamides is 1. The second-order valence-electron chi connectivity index (χ2n) is 6.28. The van der Waals surface area contributed by atoms with Gasteiger partial charge in [0.2, 0.25) is 5.88 Å². The number of aromatic carboxylic acids is 1. The number of nitrogens with zero attached hydrogens (tertiary/aromatic N) is 1. The fourth-order valence-corrected chi connectivity index (χ4v) is 3.04. The Morgan fingerprint density at radius 3 is 2.46 bits per heavy atom. The highest BCUT2D eigenvalue weighted by Crippen LogP contribution is 2.30. The summed E-state index contributed by atoms with van der Waals surface area (Å²) in [7, 11) is -4.07. The third kappa shape index (κ3) is 3.83. The van der Waals surface area contributed by atoms with Gasteiger partial charge in [-0.25, -0.2) is 18.2 Å². The van der Waals surface area contributed by atoms with Gasteiger partial charge in [-0.1, -0.05) is 26.8 Å². The van der Waals surface area contributed by atoms with Crippen LogP contribution in [0.3, 0.4) is 0 Å². The highest BCUT2D eigenvalue weighted by Gasteiger charge is 2.21. The summed E-state index contributed by atoms with van der Waals surface area (Å²) in [5, 5.41) is 18.8. The van der Waals surface area contributed by atoms with Crippen LogP contribution in [-0.2, 0) is 15.4 Å². The first-order valence-corrected chi connectivity index (χ1v) is 8.55. The van der Waals surface area contributed by atoms with Gasteiger partial charge in [0, 0.05) is 6.20 Å². The normalized spacial score (nSPS) is 12.0. The maximum Gasteiger partial charge on any atom is 0.335 e. The molecule has 7 nitrogen and oxygen atoms in total. The average Bonchev–Trinajstić information content (AvgIpc) is 2.48. The quantitative estimate of drug-likeness (QED) is 0.780. The number of hydrogen-bond acceptors (Lipinski definition) is 5. The molecule has 0 aliphatic carbocycles. The molecule has 128 valence electrons. The molecule has 1 heterocycles. The van der Waals surface area contributed by atoms with Gasteiger partial charge >= 0.3 is 5.97 Å². The van der Waals surface area contributed by atoms with Crippen LogP contribution in [0.5, 0.6) is 5.88 Å². The lowest BCUT2D eigenvalue weighted by Crippen LogP contribution is -2.16. The predicted octanol–water partition coefficient (Wildman–Crippen LogP) is 2.58. The van der Waals surface area contributed by atoms with Crippen molar-refractivity contribution in [1.29, 1.82) is 0 Å². The lowest BCUT2D eigenvalue weighted by molar-refractivity contribution is 0.0696. The van der Waals surface area contributed by atoms with Gasteiger partial charge in [-0.15, -0.1) is 0 Å². The van der Waals surface area contributed by atoms with Crippen molar-refractivity contribution in [2.45, 2.75) is 31.1 Å². The van der Waals surface area contributed by atoms with Crippen molar-refractivity contribution in [3.05, 3.63) is 47.7 Å². The van der Waals surface area contributed by atoms with Crippen molar-refractivity contribution >= 4 is 21.7 Å². The van der Waals surface area contributed by atoms with Gasteiger partial charge in [0.1, 0.15) is 5.69 Å². The number of nitrogens with one attached hydrogen (secondary N) is 1. The lowest BCUT2D eigenvalue weighted by Gasteiger charge is -2.20. The summed E-state index contributed by atoms with van der Waals surface area (Å²) < 4.78 is 27.1. The number of carboxylic acids is 1. The molecule has 3 N–H and O–H groups in total. The van der Waals surface area contributed by atoms with E-state index in [0.29, 0.717) is 0 Å². The summed E-state index contributed by atoms with van der Waals surface area (Å²) in [6.45, 7) is 5.78. The molecule has 0 aliphatic heterocycles. The number of aromatic nitrogens is 1. The van der Waals surface area contributed by atoms with E-state index in [1.165, 1.54) is 30.5 Å². The van der Waals surface area contributed by atoms with E-state index in [4.69, 9.17) is 5.11 Å². The van der Waals surface area contributed by atoms with Gasteiger partial charge < -0.3 is 10.2 Å². The smallest absolute Gasteiger partial charge is 0.335 e. The average molecular weight is 350 g/mol. The van der Waals surface area contributed by atoms with Crippen LogP contribution in [0.2, 0.25) is 0 Å². The van der Waals surface area contributed by atoms with E-state index in [1.807, 2.05) is 20.8 Å². The number of aromatic hydroxyl groups is 1. The summed E-state index contributed by atoms with van der Waals surface area (Å²) in [4.78, 5) is 14.6. The van der Waals surface area contributed by atoms with Gasteiger partial charge in [0.15, 0.2) is 0 Å². The first-order chi connectivity index (χ1) is 11.0. The van der Waals surface area contributed by atoms with Crippen LogP contribution in [0.25, 0.3) is 0 Å². The first-order valence-electron chi connectivity index (χ1n) is 7.06. The number of carboxylic acid groups (broad SMARTS) is 1. The van der Waals surface area contributed by atoms with Crippen molar-refractivity contribution in [3.8, 4) is 5.88 Å². The van der Waals surface area contributed by atoms with E-state index in [9.17, 15) is 18.3 Å². The largest absolute Gasteiger partial charge is 0.492 e. The number of carbonyl (C=O) groups is 1. The molecule has 1 aromatic heterocycles. The molecule has 0 saturated heterocycles. The molecule has 1 aromatic carbocycles. The van der Waals surface area contributed by atoms with E-state index in [-0.39, 0.29) is 21.6 Å².